The quantitative estimate of drug-likeness (QED) is 0.905. The van der Waals surface area contributed by atoms with Gasteiger partial charge in [0, 0.05) is 42.6 Å². The molecule has 0 saturated carbocycles. The largest absolute Gasteiger partial charge is 0.497 e. The summed E-state index contributed by atoms with van der Waals surface area (Å²) in [6.07, 6.45) is 2.58. The number of amides is 1. The number of rotatable bonds is 5. The number of benzene rings is 1. The molecule has 0 bridgehead atoms. The van der Waals surface area contributed by atoms with Crippen molar-refractivity contribution in [2.24, 2.45) is 5.92 Å². The van der Waals surface area contributed by atoms with Gasteiger partial charge in [-0.15, -0.1) is 0 Å². The Hall–Kier alpha value is -2.27. The third-order valence-corrected chi connectivity index (χ3v) is 4.45. The number of carbonyl (C=O) groups is 1. The maximum Gasteiger partial charge on any atom is 0.269 e. The van der Waals surface area contributed by atoms with Crippen LogP contribution < -0.4 is 15.0 Å². The molecule has 1 aromatic carbocycles. The van der Waals surface area contributed by atoms with E-state index in [1.807, 2.05) is 18.2 Å². The summed E-state index contributed by atoms with van der Waals surface area (Å²) in [5.41, 5.74) is 1.50. The minimum Gasteiger partial charge on any atom is -0.497 e. The number of anilines is 1. The fourth-order valence-electron chi connectivity index (χ4n) is 2.90. The maximum atomic E-state index is 12.1. The monoisotopic (exact) mass is 345 g/mol. The Balaban J connectivity index is 1.53. The highest BCUT2D eigenvalue weighted by Crippen LogP contribution is 2.26. The second-order valence-electron chi connectivity index (χ2n) is 5.87. The number of hydrogen-bond acceptors (Lipinski definition) is 4. The molecule has 1 fully saturated rings. The number of halogens is 1. The zero-order chi connectivity index (χ0) is 16.9. The van der Waals surface area contributed by atoms with Crippen molar-refractivity contribution in [1.82, 2.24) is 10.3 Å². The SMILES string of the molecule is COc1cccc(N2CCC(CNC(=O)c3cc(Cl)ccn3)C2)c1. The van der Waals surface area contributed by atoms with Crippen molar-refractivity contribution < 1.29 is 9.53 Å². The van der Waals surface area contributed by atoms with E-state index in [0.29, 0.717) is 23.2 Å². The van der Waals surface area contributed by atoms with E-state index in [9.17, 15) is 4.79 Å². The van der Waals surface area contributed by atoms with Gasteiger partial charge < -0.3 is 15.0 Å². The van der Waals surface area contributed by atoms with Crippen molar-refractivity contribution in [3.63, 3.8) is 0 Å². The normalized spacial score (nSPS) is 16.9. The van der Waals surface area contributed by atoms with Gasteiger partial charge in [-0.2, -0.15) is 0 Å². The summed E-state index contributed by atoms with van der Waals surface area (Å²) in [6, 6.07) is 11.3. The number of ether oxygens (including phenoxy) is 1. The lowest BCUT2D eigenvalue weighted by molar-refractivity contribution is 0.0943. The highest BCUT2D eigenvalue weighted by molar-refractivity contribution is 6.30. The van der Waals surface area contributed by atoms with Crippen molar-refractivity contribution in [2.75, 3.05) is 31.6 Å². The van der Waals surface area contributed by atoms with Crippen molar-refractivity contribution in [3.8, 4) is 5.75 Å². The van der Waals surface area contributed by atoms with Gasteiger partial charge in [0.25, 0.3) is 5.91 Å². The van der Waals surface area contributed by atoms with Crippen molar-refractivity contribution in [3.05, 3.63) is 53.3 Å². The summed E-state index contributed by atoms with van der Waals surface area (Å²) in [5, 5.41) is 3.47. The van der Waals surface area contributed by atoms with Gasteiger partial charge in [0.15, 0.2) is 0 Å². The smallest absolute Gasteiger partial charge is 0.269 e. The molecule has 5 nitrogen and oxygen atoms in total. The van der Waals surface area contributed by atoms with Crippen LogP contribution >= 0.6 is 11.6 Å². The Morgan fingerprint density at radius 2 is 2.29 bits per heavy atom. The highest BCUT2D eigenvalue weighted by atomic mass is 35.5. The van der Waals surface area contributed by atoms with E-state index in [2.05, 4.69) is 21.3 Å². The average Bonchev–Trinajstić information content (AvgIpc) is 3.09. The van der Waals surface area contributed by atoms with Crippen LogP contribution in [-0.4, -0.2) is 37.6 Å². The van der Waals surface area contributed by atoms with E-state index < -0.39 is 0 Å². The number of nitrogens with one attached hydrogen (secondary N) is 1. The molecule has 1 unspecified atom stereocenters. The molecule has 0 aliphatic carbocycles. The van der Waals surface area contributed by atoms with Gasteiger partial charge in [-0.3, -0.25) is 9.78 Å². The topological polar surface area (TPSA) is 54.5 Å². The predicted molar refractivity (Wildman–Crippen MR) is 94.9 cm³/mol. The standard InChI is InChI=1S/C18H20ClN3O2/c1-24-16-4-2-3-15(10-16)22-8-6-13(12-22)11-21-18(23)17-9-14(19)5-7-20-17/h2-5,7,9-10,13H,6,8,11-12H2,1H3,(H,21,23). The number of carbonyl (C=O) groups excluding carboxylic acids is 1. The number of nitrogens with zero attached hydrogens (tertiary/aromatic N) is 2. The zero-order valence-corrected chi connectivity index (χ0v) is 14.3. The molecule has 1 aliphatic rings. The Kier molecular flexibility index (Phi) is 5.20. The second kappa shape index (κ2) is 7.53. The van der Waals surface area contributed by atoms with Gasteiger partial charge in [0.05, 0.1) is 7.11 Å². The zero-order valence-electron chi connectivity index (χ0n) is 13.5. The van der Waals surface area contributed by atoms with Crippen molar-refractivity contribution >= 4 is 23.2 Å². The minimum absolute atomic E-state index is 0.183. The molecule has 2 aromatic rings. The van der Waals surface area contributed by atoms with Crippen LogP contribution in [0.25, 0.3) is 0 Å². The molecule has 2 heterocycles. The number of pyridine rings is 1. The lowest BCUT2D eigenvalue weighted by atomic mass is 10.1. The highest BCUT2D eigenvalue weighted by Gasteiger charge is 2.23. The lowest BCUT2D eigenvalue weighted by Gasteiger charge is -2.19. The molecule has 1 atom stereocenters. The van der Waals surface area contributed by atoms with E-state index in [4.69, 9.17) is 16.3 Å². The molecular formula is C18H20ClN3O2. The summed E-state index contributed by atoms with van der Waals surface area (Å²) in [7, 11) is 1.67. The third kappa shape index (κ3) is 3.97. The van der Waals surface area contributed by atoms with Crippen LogP contribution in [0, 0.1) is 5.92 Å². The van der Waals surface area contributed by atoms with E-state index >= 15 is 0 Å². The van der Waals surface area contributed by atoms with E-state index in [-0.39, 0.29) is 5.91 Å². The summed E-state index contributed by atoms with van der Waals surface area (Å²) in [4.78, 5) is 18.5. The molecule has 1 N–H and O–H groups in total. The fraction of sp³-hybridized carbons (Fsp3) is 0.333. The first-order valence-electron chi connectivity index (χ1n) is 7.94. The van der Waals surface area contributed by atoms with E-state index in [0.717, 1.165) is 30.9 Å². The van der Waals surface area contributed by atoms with Crippen LogP contribution in [-0.2, 0) is 0 Å². The molecule has 24 heavy (non-hydrogen) atoms. The van der Waals surface area contributed by atoms with Gasteiger partial charge in [0.1, 0.15) is 11.4 Å². The number of aromatic nitrogens is 1. The Labute approximate surface area is 146 Å². The molecular weight excluding hydrogens is 326 g/mol. The summed E-state index contributed by atoms with van der Waals surface area (Å²) >= 11 is 5.89. The van der Waals surface area contributed by atoms with E-state index in [1.165, 1.54) is 6.20 Å². The fourth-order valence-corrected chi connectivity index (χ4v) is 3.06. The molecule has 3 rings (SSSR count). The van der Waals surface area contributed by atoms with Crippen LogP contribution in [0.2, 0.25) is 5.02 Å². The summed E-state index contributed by atoms with van der Waals surface area (Å²) < 4.78 is 5.28. The Bertz CT molecular complexity index is 723. The summed E-state index contributed by atoms with van der Waals surface area (Å²) in [6.45, 7) is 2.52. The number of hydrogen-bond donors (Lipinski definition) is 1. The molecule has 126 valence electrons. The Morgan fingerprint density at radius 1 is 1.42 bits per heavy atom. The van der Waals surface area contributed by atoms with Crippen LogP contribution in [0.1, 0.15) is 16.9 Å². The maximum absolute atomic E-state index is 12.1. The van der Waals surface area contributed by atoms with Crippen molar-refractivity contribution in [2.45, 2.75) is 6.42 Å². The second-order valence-corrected chi connectivity index (χ2v) is 6.31. The molecule has 1 saturated heterocycles. The van der Waals surface area contributed by atoms with Crippen molar-refractivity contribution in [1.29, 1.82) is 0 Å². The Morgan fingerprint density at radius 3 is 3.08 bits per heavy atom. The van der Waals surface area contributed by atoms with Gasteiger partial charge in [0.2, 0.25) is 0 Å². The average molecular weight is 346 g/mol. The number of methoxy groups -OCH3 is 1. The van der Waals surface area contributed by atoms with Crippen LogP contribution in [0.4, 0.5) is 5.69 Å². The van der Waals surface area contributed by atoms with Gasteiger partial charge in [-0.05, 0) is 36.6 Å². The molecule has 0 spiro atoms. The predicted octanol–water partition coefficient (Wildman–Crippen LogP) is 3.00. The molecule has 0 radical (unpaired) electrons. The summed E-state index contributed by atoms with van der Waals surface area (Å²) in [5.74, 6) is 1.09. The van der Waals surface area contributed by atoms with Crippen LogP contribution in [0.5, 0.6) is 5.75 Å². The minimum atomic E-state index is -0.183. The molecule has 6 heteroatoms. The van der Waals surface area contributed by atoms with Crippen LogP contribution in [0.15, 0.2) is 42.6 Å². The first-order valence-corrected chi connectivity index (χ1v) is 8.32. The van der Waals surface area contributed by atoms with Crippen LogP contribution in [0.3, 0.4) is 0 Å². The third-order valence-electron chi connectivity index (χ3n) is 4.21. The first kappa shape index (κ1) is 16.6. The molecule has 1 aromatic heterocycles. The van der Waals surface area contributed by atoms with Gasteiger partial charge >= 0.3 is 0 Å². The lowest BCUT2D eigenvalue weighted by Crippen LogP contribution is -2.31. The molecule has 1 aliphatic heterocycles. The van der Waals surface area contributed by atoms with Gasteiger partial charge in [-0.25, -0.2) is 0 Å². The molecule has 1 amide bonds. The first-order chi connectivity index (χ1) is 11.7. The van der Waals surface area contributed by atoms with E-state index in [1.54, 1.807) is 19.2 Å². The van der Waals surface area contributed by atoms with Gasteiger partial charge in [-0.1, -0.05) is 17.7 Å².